The monoisotopic (exact) mass is 270 g/mol. The molecule has 0 aromatic carbocycles. The van der Waals surface area contributed by atoms with Crippen molar-refractivity contribution in [1.82, 2.24) is 0 Å². The van der Waals surface area contributed by atoms with E-state index in [9.17, 15) is 0 Å². The molecule has 9 nitrogen and oxygen atoms in total. The number of hydrogen-bond acceptors (Lipinski definition) is 3. The van der Waals surface area contributed by atoms with Crippen LogP contribution in [0.25, 0.3) is 0 Å². The van der Waals surface area contributed by atoms with Crippen molar-refractivity contribution in [3.05, 3.63) is 15.3 Å². The molecule has 0 saturated carbocycles. The Labute approximate surface area is 74.1 Å². The Morgan fingerprint density at radius 1 is 0.800 bits per heavy atom. The van der Waals surface area contributed by atoms with Gasteiger partial charge in [0.25, 0.3) is 0 Å². The van der Waals surface area contributed by atoms with Crippen LogP contribution in [0.15, 0.2) is 0 Å². The molecule has 0 aliphatic rings. The van der Waals surface area contributed by atoms with E-state index in [1.54, 1.807) is 0 Å². The van der Waals surface area contributed by atoms with Crippen molar-refractivity contribution in [2.45, 2.75) is 0 Å². The third-order valence-corrected chi connectivity index (χ3v) is 0. The van der Waals surface area contributed by atoms with E-state index in [1.165, 1.54) is 0 Å². The number of rotatable bonds is 0. The summed E-state index contributed by atoms with van der Waals surface area (Å²) in [5.74, 6) is 0. The molecule has 0 aliphatic heterocycles. The summed E-state index contributed by atoms with van der Waals surface area (Å²) in [6, 6.07) is 0. The molecular weight excluding hydrogens is 257 g/mol. The molecule has 0 spiro atoms. The third kappa shape index (κ3) is 22000. The SMILES string of the molecule is O.O.O.O.O.O=[N+]([O-])[O-].[InH3]. The van der Waals surface area contributed by atoms with E-state index in [1.807, 2.05) is 0 Å². The summed E-state index contributed by atoms with van der Waals surface area (Å²) >= 11 is 0. The van der Waals surface area contributed by atoms with E-state index >= 15 is 0 Å². The second kappa shape index (κ2) is 66.7. The van der Waals surface area contributed by atoms with Gasteiger partial charge in [-0.25, -0.2) is 0 Å². The average molecular weight is 270 g/mol. The molecular formula is H13InNO8-. The van der Waals surface area contributed by atoms with Gasteiger partial charge in [0.1, 0.15) is 0 Å². The molecule has 0 atom stereocenters. The molecule has 0 aliphatic carbocycles. The fraction of sp³-hybridized carbons (Fsp3) is 0. The van der Waals surface area contributed by atoms with Crippen molar-refractivity contribution >= 4 is 25.8 Å². The van der Waals surface area contributed by atoms with Crippen LogP contribution in [-0.4, -0.2) is 58.3 Å². The van der Waals surface area contributed by atoms with Gasteiger partial charge in [0, 0.05) is 0 Å². The van der Waals surface area contributed by atoms with Gasteiger partial charge in [-0.2, -0.15) is 0 Å². The number of hydrogen-bond donors (Lipinski definition) is 0. The zero-order chi connectivity index (χ0) is 3.58. The molecule has 0 bridgehead atoms. The summed E-state index contributed by atoms with van der Waals surface area (Å²) in [6.45, 7) is 0. The van der Waals surface area contributed by atoms with Gasteiger partial charge in [-0.15, -0.1) is 0 Å². The molecule has 0 rings (SSSR count). The maximum absolute atomic E-state index is 8.25. The van der Waals surface area contributed by atoms with Crippen molar-refractivity contribution in [3.8, 4) is 0 Å². The van der Waals surface area contributed by atoms with Crippen molar-refractivity contribution < 1.29 is 32.5 Å². The minimum absolute atomic E-state index is 0. The quantitative estimate of drug-likeness (QED) is 0.310. The van der Waals surface area contributed by atoms with Gasteiger partial charge in [-0.3, -0.25) is 0 Å². The molecule has 0 heterocycles. The van der Waals surface area contributed by atoms with Crippen LogP contribution in [-0.2, 0) is 0 Å². The Balaban J connectivity index is -0.00000000300. The summed E-state index contributed by atoms with van der Waals surface area (Å²) in [7, 11) is 0. The van der Waals surface area contributed by atoms with Crippen LogP contribution >= 0.6 is 0 Å². The van der Waals surface area contributed by atoms with Crippen LogP contribution < -0.4 is 0 Å². The Bertz CT molecular complexity index is 32.2. The Morgan fingerprint density at radius 2 is 0.800 bits per heavy atom. The topological polar surface area (TPSA) is 224 Å². The normalized spacial score (nSPS) is 2.40. The number of nitrogens with zero attached hydrogens (tertiary/aromatic N) is 1. The summed E-state index contributed by atoms with van der Waals surface area (Å²) in [4.78, 5) is 8.25. The van der Waals surface area contributed by atoms with Gasteiger partial charge in [0.2, 0.25) is 0 Å². The first-order valence-corrected chi connectivity index (χ1v) is 0.548. The zero-order valence-corrected chi connectivity index (χ0v) is 4.17. The second-order valence-corrected chi connectivity index (χ2v) is 0.224. The first-order valence-electron chi connectivity index (χ1n) is 0.548. The van der Waals surface area contributed by atoms with E-state index in [-0.39, 0.29) is 53.2 Å². The zero-order valence-electron chi connectivity index (χ0n) is 4.17. The molecule has 10 heavy (non-hydrogen) atoms. The average Bonchev–Trinajstić information content (AvgIpc) is 0.811. The van der Waals surface area contributed by atoms with E-state index in [0.717, 1.165) is 0 Å². The van der Waals surface area contributed by atoms with Crippen LogP contribution in [0.4, 0.5) is 0 Å². The summed E-state index contributed by atoms with van der Waals surface area (Å²) < 4.78 is 0. The fourth-order valence-electron chi connectivity index (χ4n) is 0. The standard InChI is InChI=1S/In.NO3.5H2O.3H/c;2-1(3)4;;;;;;;;/h;;5*1H2;;;/q;-1;;;;;;;;. The molecule has 70 valence electrons. The van der Waals surface area contributed by atoms with Gasteiger partial charge in [-0.1, -0.05) is 0 Å². The second-order valence-electron chi connectivity index (χ2n) is 0.224. The Morgan fingerprint density at radius 3 is 0.800 bits per heavy atom. The van der Waals surface area contributed by atoms with E-state index in [0.29, 0.717) is 0 Å². The first-order chi connectivity index (χ1) is 1.73. The van der Waals surface area contributed by atoms with Gasteiger partial charge < -0.3 is 42.7 Å². The van der Waals surface area contributed by atoms with Gasteiger partial charge >= 0.3 is 25.8 Å². The molecule has 0 radical (unpaired) electrons. The Kier molecular flexibility index (Phi) is 629. The van der Waals surface area contributed by atoms with Crippen LogP contribution in [0.3, 0.4) is 0 Å². The van der Waals surface area contributed by atoms with E-state index in [4.69, 9.17) is 15.3 Å². The third-order valence-electron chi connectivity index (χ3n) is 0. The van der Waals surface area contributed by atoms with E-state index in [2.05, 4.69) is 0 Å². The molecule has 0 fully saturated rings. The van der Waals surface area contributed by atoms with Crippen molar-refractivity contribution in [2.24, 2.45) is 0 Å². The van der Waals surface area contributed by atoms with Gasteiger partial charge in [0.15, 0.2) is 0 Å². The van der Waals surface area contributed by atoms with Crippen LogP contribution in [0.5, 0.6) is 0 Å². The Hall–Kier alpha value is -0.130. The van der Waals surface area contributed by atoms with Crippen LogP contribution in [0, 0.1) is 15.3 Å². The van der Waals surface area contributed by atoms with Crippen LogP contribution in [0.2, 0.25) is 0 Å². The van der Waals surface area contributed by atoms with Crippen molar-refractivity contribution in [1.29, 1.82) is 0 Å². The summed E-state index contributed by atoms with van der Waals surface area (Å²) in [5.41, 5.74) is 0. The van der Waals surface area contributed by atoms with Gasteiger partial charge in [-0.05, 0) is 0 Å². The molecule has 0 saturated heterocycles. The fourth-order valence-corrected chi connectivity index (χ4v) is 0. The van der Waals surface area contributed by atoms with Crippen LogP contribution in [0.1, 0.15) is 0 Å². The van der Waals surface area contributed by atoms with Crippen molar-refractivity contribution in [3.63, 3.8) is 0 Å². The summed E-state index contributed by atoms with van der Waals surface area (Å²) in [5, 5.41) is 14.8. The molecule has 10 N–H and O–H groups in total. The minimum atomic E-state index is -1.75. The van der Waals surface area contributed by atoms with E-state index < -0.39 is 5.09 Å². The first kappa shape index (κ1) is 94.3. The molecule has 0 aromatic heterocycles. The molecule has 0 aromatic rings. The predicted molar refractivity (Wildman–Crippen MR) is 38.4 cm³/mol. The maximum atomic E-state index is 8.25. The summed E-state index contributed by atoms with van der Waals surface area (Å²) in [6.07, 6.45) is 0. The molecule has 10 heteroatoms. The van der Waals surface area contributed by atoms with Gasteiger partial charge in [0.05, 0.1) is 5.09 Å². The molecule has 0 amide bonds. The molecule has 0 unspecified atom stereocenters. The van der Waals surface area contributed by atoms with Crippen molar-refractivity contribution in [2.75, 3.05) is 0 Å². The predicted octanol–water partition coefficient (Wildman–Crippen LogP) is -5.55.